The average molecular weight is 179 g/mol. The molecular weight excluding hydrogens is 169 g/mol. The van der Waals surface area contributed by atoms with Crippen LogP contribution in [0.2, 0.25) is 0 Å². The summed E-state index contributed by atoms with van der Waals surface area (Å²) in [4.78, 5) is 13.2. The molecule has 0 unspecified atom stereocenters. The molecule has 0 fully saturated rings. The Labute approximate surface area is 76.1 Å². The van der Waals surface area contributed by atoms with Gasteiger partial charge in [-0.3, -0.25) is 0 Å². The quantitative estimate of drug-likeness (QED) is 0.515. The van der Waals surface area contributed by atoms with Gasteiger partial charge in [0.25, 0.3) is 0 Å². The second-order valence-corrected chi connectivity index (χ2v) is 2.79. The molecule has 0 saturated heterocycles. The van der Waals surface area contributed by atoms with E-state index in [1.54, 1.807) is 6.07 Å². The summed E-state index contributed by atoms with van der Waals surface area (Å²) >= 11 is 0. The van der Waals surface area contributed by atoms with E-state index in [9.17, 15) is 9.18 Å². The fourth-order valence-corrected chi connectivity index (χ4v) is 1.13. The van der Waals surface area contributed by atoms with E-state index in [4.69, 9.17) is 0 Å². The van der Waals surface area contributed by atoms with Crippen LogP contribution in [0.4, 0.5) is 4.39 Å². The number of hydrogen-bond acceptors (Lipinski definition) is 2. The Hall–Kier alpha value is -1.47. The molecule has 3 heteroatoms. The van der Waals surface area contributed by atoms with Gasteiger partial charge in [0.2, 0.25) is 6.08 Å². The standard InChI is InChI=1S/C10H10FNO/c1-8-2-3-10(11)6-9(8)4-5-12-7-13/h2-3,6H,4-5H2,1H3. The Balaban J connectivity index is 2.75. The van der Waals surface area contributed by atoms with Crippen molar-refractivity contribution in [1.82, 2.24) is 0 Å². The highest BCUT2D eigenvalue weighted by Crippen LogP contribution is 2.10. The Morgan fingerprint density at radius 1 is 1.54 bits per heavy atom. The van der Waals surface area contributed by atoms with Gasteiger partial charge in [0, 0.05) is 0 Å². The number of isocyanates is 1. The highest BCUT2D eigenvalue weighted by molar-refractivity contribution is 5.33. The molecule has 13 heavy (non-hydrogen) atoms. The number of nitrogens with zero attached hydrogens (tertiary/aromatic N) is 1. The van der Waals surface area contributed by atoms with Crippen molar-refractivity contribution >= 4 is 6.08 Å². The molecule has 0 atom stereocenters. The van der Waals surface area contributed by atoms with E-state index >= 15 is 0 Å². The van der Waals surface area contributed by atoms with Crippen LogP contribution in [0, 0.1) is 12.7 Å². The molecule has 0 saturated carbocycles. The first-order chi connectivity index (χ1) is 6.24. The molecule has 0 aromatic heterocycles. The maximum Gasteiger partial charge on any atom is 0.234 e. The van der Waals surface area contributed by atoms with Crippen molar-refractivity contribution in [3.63, 3.8) is 0 Å². The highest BCUT2D eigenvalue weighted by atomic mass is 19.1. The molecular formula is C10H10FNO. The van der Waals surface area contributed by atoms with Crippen molar-refractivity contribution in [1.29, 1.82) is 0 Å². The predicted octanol–water partition coefficient (Wildman–Crippen LogP) is 2.01. The zero-order valence-electron chi connectivity index (χ0n) is 7.38. The van der Waals surface area contributed by atoms with Crippen LogP contribution in [0.3, 0.4) is 0 Å². The van der Waals surface area contributed by atoms with Gasteiger partial charge in [0.15, 0.2) is 0 Å². The van der Waals surface area contributed by atoms with E-state index in [0.717, 1.165) is 11.1 Å². The lowest BCUT2D eigenvalue weighted by Crippen LogP contribution is -1.93. The van der Waals surface area contributed by atoms with Gasteiger partial charge in [0.05, 0.1) is 6.54 Å². The highest BCUT2D eigenvalue weighted by Gasteiger charge is 1.99. The van der Waals surface area contributed by atoms with Crippen molar-refractivity contribution in [2.75, 3.05) is 6.54 Å². The van der Waals surface area contributed by atoms with E-state index in [1.807, 2.05) is 6.92 Å². The summed E-state index contributed by atoms with van der Waals surface area (Å²) in [6.07, 6.45) is 2.04. The number of halogens is 1. The van der Waals surface area contributed by atoms with Crippen LogP contribution in [0.15, 0.2) is 23.2 Å². The molecule has 0 aliphatic heterocycles. The van der Waals surface area contributed by atoms with Crippen LogP contribution in [0.1, 0.15) is 11.1 Å². The van der Waals surface area contributed by atoms with Crippen LogP contribution in [0.25, 0.3) is 0 Å². The number of carbonyl (C=O) groups excluding carboxylic acids is 1. The maximum atomic E-state index is 12.7. The van der Waals surface area contributed by atoms with Crippen molar-refractivity contribution in [3.05, 3.63) is 35.1 Å². The van der Waals surface area contributed by atoms with E-state index in [-0.39, 0.29) is 5.82 Å². The molecule has 0 heterocycles. The molecule has 0 amide bonds. The number of rotatable bonds is 3. The lowest BCUT2D eigenvalue weighted by molar-refractivity contribution is 0.563. The minimum atomic E-state index is -0.254. The van der Waals surface area contributed by atoms with Gasteiger partial charge in [-0.15, -0.1) is 0 Å². The number of aliphatic imine (C=N–C) groups is 1. The molecule has 0 N–H and O–H groups in total. The van der Waals surface area contributed by atoms with E-state index in [0.29, 0.717) is 13.0 Å². The smallest absolute Gasteiger partial charge is 0.211 e. The van der Waals surface area contributed by atoms with Crippen molar-refractivity contribution in [2.45, 2.75) is 13.3 Å². The van der Waals surface area contributed by atoms with Gasteiger partial charge >= 0.3 is 0 Å². The van der Waals surface area contributed by atoms with Crippen LogP contribution in [-0.2, 0) is 11.2 Å². The summed E-state index contributed by atoms with van der Waals surface area (Å²) in [6, 6.07) is 4.60. The first-order valence-electron chi connectivity index (χ1n) is 4.02. The number of aryl methyl sites for hydroxylation is 1. The third-order valence-electron chi connectivity index (χ3n) is 1.87. The molecule has 68 valence electrons. The van der Waals surface area contributed by atoms with E-state index in [1.165, 1.54) is 18.2 Å². The zero-order chi connectivity index (χ0) is 9.68. The third kappa shape index (κ3) is 2.80. The molecule has 0 radical (unpaired) electrons. The second kappa shape index (κ2) is 4.53. The molecule has 0 aliphatic carbocycles. The largest absolute Gasteiger partial charge is 0.234 e. The minimum Gasteiger partial charge on any atom is -0.211 e. The van der Waals surface area contributed by atoms with Gasteiger partial charge in [-0.25, -0.2) is 14.2 Å². The summed E-state index contributed by atoms with van der Waals surface area (Å²) < 4.78 is 12.7. The normalized spacial score (nSPS) is 9.38. The lowest BCUT2D eigenvalue weighted by Gasteiger charge is -2.02. The topological polar surface area (TPSA) is 29.4 Å². The van der Waals surface area contributed by atoms with Gasteiger partial charge in [-0.2, -0.15) is 0 Å². The number of hydrogen-bond donors (Lipinski definition) is 0. The molecule has 0 aliphatic rings. The average Bonchev–Trinajstić information content (AvgIpc) is 2.11. The van der Waals surface area contributed by atoms with Gasteiger partial charge < -0.3 is 0 Å². The SMILES string of the molecule is Cc1ccc(F)cc1CCN=C=O. The van der Waals surface area contributed by atoms with Crippen LogP contribution < -0.4 is 0 Å². The number of benzene rings is 1. The van der Waals surface area contributed by atoms with Crippen LogP contribution >= 0.6 is 0 Å². The van der Waals surface area contributed by atoms with Gasteiger partial charge in [0.1, 0.15) is 5.82 Å². The third-order valence-corrected chi connectivity index (χ3v) is 1.87. The van der Waals surface area contributed by atoms with Crippen LogP contribution in [-0.4, -0.2) is 12.6 Å². The Kier molecular flexibility index (Phi) is 3.35. The zero-order valence-corrected chi connectivity index (χ0v) is 7.38. The minimum absolute atomic E-state index is 0.254. The summed E-state index contributed by atoms with van der Waals surface area (Å²) in [5, 5.41) is 0. The monoisotopic (exact) mass is 179 g/mol. The van der Waals surface area contributed by atoms with E-state index < -0.39 is 0 Å². The van der Waals surface area contributed by atoms with Crippen LogP contribution in [0.5, 0.6) is 0 Å². The predicted molar refractivity (Wildman–Crippen MR) is 47.8 cm³/mol. The maximum absolute atomic E-state index is 12.7. The Bertz CT molecular complexity index is 343. The summed E-state index contributed by atoms with van der Waals surface area (Å²) in [5.41, 5.74) is 1.90. The lowest BCUT2D eigenvalue weighted by atomic mass is 10.1. The summed E-state index contributed by atoms with van der Waals surface area (Å²) in [7, 11) is 0. The molecule has 1 rings (SSSR count). The first-order valence-corrected chi connectivity index (χ1v) is 4.02. The van der Waals surface area contributed by atoms with E-state index in [2.05, 4.69) is 4.99 Å². The molecule has 1 aromatic rings. The van der Waals surface area contributed by atoms with Crippen molar-refractivity contribution in [2.24, 2.45) is 4.99 Å². The first kappa shape index (κ1) is 9.62. The summed E-state index contributed by atoms with van der Waals surface area (Å²) in [5.74, 6) is -0.254. The van der Waals surface area contributed by atoms with Crippen molar-refractivity contribution < 1.29 is 9.18 Å². The Morgan fingerprint density at radius 3 is 3.00 bits per heavy atom. The molecule has 0 bridgehead atoms. The van der Waals surface area contributed by atoms with Crippen molar-refractivity contribution in [3.8, 4) is 0 Å². The molecule has 1 aromatic carbocycles. The fraction of sp³-hybridized carbons (Fsp3) is 0.300. The second-order valence-electron chi connectivity index (χ2n) is 2.79. The molecule has 0 spiro atoms. The fourth-order valence-electron chi connectivity index (χ4n) is 1.13. The Morgan fingerprint density at radius 2 is 2.31 bits per heavy atom. The van der Waals surface area contributed by atoms with Gasteiger partial charge in [-0.1, -0.05) is 6.07 Å². The summed E-state index contributed by atoms with van der Waals surface area (Å²) in [6.45, 7) is 2.27. The van der Waals surface area contributed by atoms with Gasteiger partial charge in [-0.05, 0) is 36.6 Å². The molecule has 2 nitrogen and oxygen atoms in total.